The van der Waals surface area contributed by atoms with Crippen molar-refractivity contribution in [1.29, 1.82) is 0 Å². The van der Waals surface area contributed by atoms with Crippen LogP contribution < -0.4 is 10.6 Å². The molecule has 2 rings (SSSR count). The summed E-state index contributed by atoms with van der Waals surface area (Å²) in [6, 6.07) is 8.81. The van der Waals surface area contributed by atoms with Gasteiger partial charge in [0.2, 0.25) is 5.91 Å². The van der Waals surface area contributed by atoms with Gasteiger partial charge in [0.1, 0.15) is 0 Å². The minimum absolute atomic E-state index is 0.0369. The molecule has 1 atom stereocenters. The second-order valence-corrected chi connectivity index (χ2v) is 6.66. The number of carbonyl (C=O) groups is 2. The van der Waals surface area contributed by atoms with Gasteiger partial charge in [-0.25, -0.2) is 4.98 Å². The SMILES string of the molecule is C[C@@H](CC(=O)NCCCCc1nccs1)NC(=O)c1ccccc1. The number of hydrogen-bond acceptors (Lipinski definition) is 4. The maximum atomic E-state index is 12.0. The summed E-state index contributed by atoms with van der Waals surface area (Å²) in [4.78, 5) is 28.1. The van der Waals surface area contributed by atoms with Crippen LogP contribution in [0, 0.1) is 0 Å². The predicted molar refractivity (Wildman–Crippen MR) is 96.0 cm³/mol. The largest absolute Gasteiger partial charge is 0.356 e. The van der Waals surface area contributed by atoms with Crippen molar-refractivity contribution < 1.29 is 9.59 Å². The molecule has 1 heterocycles. The van der Waals surface area contributed by atoms with E-state index in [9.17, 15) is 9.59 Å². The summed E-state index contributed by atoms with van der Waals surface area (Å²) in [6.07, 6.45) is 4.99. The van der Waals surface area contributed by atoms with Crippen LogP contribution >= 0.6 is 11.3 Å². The lowest BCUT2D eigenvalue weighted by Gasteiger charge is -2.14. The molecule has 0 radical (unpaired) electrons. The van der Waals surface area contributed by atoms with Crippen LogP contribution in [0.15, 0.2) is 41.9 Å². The van der Waals surface area contributed by atoms with Gasteiger partial charge in [0.05, 0.1) is 5.01 Å². The molecule has 0 saturated heterocycles. The van der Waals surface area contributed by atoms with Crippen LogP contribution in [-0.4, -0.2) is 29.4 Å². The van der Waals surface area contributed by atoms with E-state index in [1.54, 1.807) is 23.5 Å². The molecule has 0 fully saturated rings. The number of thiazole rings is 1. The first kappa shape index (κ1) is 18.1. The highest BCUT2D eigenvalue weighted by atomic mass is 32.1. The number of aryl methyl sites for hydroxylation is 1. The summed E-state index contributed by atoms with van der Waals surface area (Å²) in [5.41, 5.74) is 0.604. The first-order chi connectivity index (χ1) is 11.6. The van der Waals surface area contributed by atoms with Crippen LogP contribution in [-0.2, 0) is 11.2 Å². The minimum Gasteiger partial charge on any atom is -0.356 e. The third kappa shape index (κ3) is 6.50. The molecule has 0 saturated carbocycles. The molecule has 0 aliphatic carbocycles. The van der Waals surface area contributed by atoms with Crippen molar-refractivity contribution in [3.05, 3.63) is 52.5 Å². The Balaban J connectivity index is 1.58. The van der Waals surface area contributed by atoms with Gasteiger partial charge in [0.15, 0.2) is 0 Å². The van der Waals surface area contributed by atoms with Crippen LogP contribution in [0.3, 0.4) is 0 Å². The van der Waals surface area contributed by atoms with Gasteiger partial charge in [-0.15, -0.1) is 11.3 Å². The zero-order chi connectivity index (χ0) is 17.2. The summed E-state index contributed by atoms with van der Waals surface area (Å²) in [6.45, 7) is 2.49. The molecule has 0 aliphatic rings. The van der Waals surface area contributed by atoms with Crippen molar-refractivity contribution in [3.8, 4) is 0 Å². The van der Waals surface area contributed by atoms with E-state index in [2.05, 4.69) is 15.6 Å². The van der Waals surface area contributed by atoms with E-state index in [0.29, 0.717) is 12.1 Å². The van der Waals surface area contributed by atoms with Gasteiger partial charge in [-0.3, -0.25) is 9.59 Å². The summed E-state index contributed by atoms with van der Waals surface area (Å²) in [5.74, 6) is -0.190. The van der Waals surface area contributed by atoms with Crippen LogP contribution in [0.2, 0.25) is 0 Å². The predicted octanol–water partition coefficient (Wildman–Crippen LogP) is 2.79. The van der Waals surface area contributed by atoms with E-state index in [1.165, 1.54) is 0 Å². The quantitative estimate of drug-likeness (QED) is 0.687. The maximum Gasteiger partial charge on any atom is 0.251 e. The van der Waals surface area contributed by atoms with Crippen molar-refractivity contribution in [1.82, 2.24) is 15.6 Å². The molecule has 1 aromatic heterocycles. The number of rotatable bonds is 9. The molecule has 0 aliphatic heterocycles. The van der Waals surface area contributed by atoms with Gasteiger partial charge >= 0.3 is 0 Å². The lowest BCUT2D eigenvalue weighted by Crippen LogP contribution is -2.37. The lowest BCUT2D eigenvalue weighted by atomic mass is 10.1. The lowest BCUT2D eigenvalue weighted by molar-refractivity contribution is -0.121. The van der Waals surface area contributed by atoms with Gasteiger partial charge in [-0.05, 0) is 38.3 Å². The Hall–Kier alpha value is -2.21. The van der Waals surface area contributed by atoms with Gasteiger partial charge in [0, 0.05) is 36.1 Å². The Morgan fingerprint density at radius 2 is 2.00 bits per heavy atom. The maximum absolute atomic E-state index is 12.0. The molecule has 0 spiro atoms. The molecular weight excluding hydrogens is 322 g/mol. The fourth-order valence-electron chi connectivity index (χ4n) is 2.30. The molecule has 0 unspecified atom stereocenters. The van der Waals surface area contributed by atoms with Crippen LogP contribution in [0.5, 0.6) is 0 Å². The number of aromatic nitrogens is 1. The average molecular weight is 345 g/mol. The van der Waals surface area contributed by atoms with E-state index in [4.69, 9.17) is 0 Å². The Morgan fingerprint density at radius 3 is 2.71 bits per heavy atom. The molecule has 2 N–H and O–H groups in total. The zero-order valence-electron chi connectivity index (χ0n) is 13.8. The van der Waals surface area contributed by atoms with E-state index in [1.807, 2.05) is 36.7 Å². The van der Waals surface area contributed by atoms with E-state index in [0.717, 1.165) is 24.3 Å². The molecule has 1 aromatic carbocycles. The second kappa shape index (κ2) is 9.82. The Morgan fingerprint density at radius 1 is 1.21 bits per heavy atom. The van der Waals surface area contributed by atoms with Crippen LogP contribution in [0.25, 0.3) is 0 Å². The Kier molecular flexibility index (Phi) is 7.42. The van der Waals surface area contributed by atoms with Gasteiger partial charge in [-0.1, -0.05) is 18.2 Å². The molecule has 5 nitrogen and oxygen atoms in total. The third-order valence-corrected chi connectivity index (χ3v) is 4.37. The molecular formula is C18H23N3O2S. The van der Waals surface area contributed by atoms with Crippen LogP contribution in [0.4, 0.5) is 0 Å². The number of amides is 2. The van der Waals surface area contributed by atoms with Gasteiger partial charge in [-0.2, -0.15) is 0 Å². The van der Waals surface area contributed by atoms with Crippen molar-refractivity contribution >= 4 is 23.2 Å². The third-order valence-electron chi connectivity index (χ3n) is 3.53. The normalized spacial score (nSPS) is 11.7. The monoisotopic (exact) mass is 345 g/mol. The Labute approximate surface area is 146 Å². The Bertz CT molecular complexity index is 629. The molecule has 6 heteroatoms. The number of carbonyl (C=O) groups excluding carboxylic acids is 2. The van der Waals surface area contributed by atoms with Crippen molar-refractivity contribution in [2.45, 2.75) is 38.6 Å². The summed E-state index contributed by atoms with van der Waals surface area (Å²) in [5, 5.41) is 8.85. The number of nitrogens with zero attached hydrogens (tertiary/aromatic N) is 1. The standard InChI is InChI=1S/C18H23N3O2S/c1-14(21-18(23)15-7-3-2-4-8-15)13-16(22)19-10-6-5-9-17-20-11-12-24-17/h2-4,7-8,11-12,14H,5-6,9-10,13H2,1H3,(H,19,22)(H,21,23)/t14-/m0/s1. The topological polar surface area (TPSA) is 71.1 Å². The molecule has 128 valence electrons. The van der Waals surface area contributed by atoms with Gasteiger partial charge in [0.25, 0.3) is 5.91 Å². The first-order valence-electron chi connectivity index (χ1n) is 8.16. The van der Waals surface area contributed by atoms with E-state index < -0.39 is 0 Å². The average Bonchev–Trinajstić information content (AvgIpc) is 3.08. The summed E-state index contributed by atoms with van der Waals surface area (Å²) in [7, 11) is 0. The highest BCUT2D eigenvalue weighted by Gasteiger charge is 2.12. The van der Waals surface area contributed by atoms with Gasteiger partial charge < -0.3 is 10.6 Å². The minimum atomic E-state index is -0.201. The zero-order valence-corrected chi connectivity index (χ0v) is 14.6. The fraction of sp³-hybridized carbons (Fsp3) is 0.389. The molecule has 24 heavy (non-hydrogen) atoms. The number of nitrogens with one attached hydrogen (secondary N) is 2. The fourth-order valence-corrected chi connectivity index (χ4v) is 2.97. The number of hydrogen-bond donors (Lipinski definition) is 2. The van der Waals surface area contributed by atoms with Crippen molar-refractivity contribution in [3.63, 3.8) is 0 Å². The second-order valence-electron chi connectivity index (χ2n) is 5.68. The van der Waals surface area contributed by atoms with Crippen LogP contribution in [0.1, 0.15) is 41.6 Å². The molecule has 2 amide bonds. The van der Waals surface area contributed by atoms with Crippen molar-refractivity contribution in [2.24, 2.45) is 0 Å². The molecule has 2 aromatic rings. The van der Waals surface area contributed by atoms with E-state index in [-0.39, 0.29) is 24.3 Å². The highest BCUT2D eigenvalue weighted by molar-refractivity contribution is 7.09. The number of unbranched alkanes of at least 4 members (excludes halogenated alkanes) is 1. The smallest absolute Gasteiger partial charge is 0.251 e. The van der Waals surface area contributed by atoms with E-state index >= 15 is 0 Å². The molecule has 0 bridgehead atoms. The number of benzene rings is 1. The van der Waals surface area contributed by atoms with Crippen molar-refractivity contribution in [2.75, 3.05) is 6.54 Å². The summed E-state index contributed by atoms with van der Waals surface area (Å²) < 4.78 is 0. The highest BCUT2D eigenvalue weighted by Crippen LogP contribution is 2.07. The first-order valence-corrected chi connectivity index (χ1v) is 9.04. The summed E-state index contributed by atoms with van der Waals surface area (Å²) >= 11 is 1.66.